The summed E-state index contributed by atoms with van der Waals surface area (Å²) >= 11 is 0. The summed E-state index contributed by atoms with van der Waals surface area (Å²) in [4.78, 5) is 18.8. The van der Waals surface area contributed by atoms with Gasteiger partial charge in [0.15, 0.2) is 0 Å². The maximum absolute atomic E-state index is 12.0. The molecule has 1 amide bonds. The second-order valence-electron chi connectivity index (χ2n) is 7.45. The molecule has 0 radical (unpaired) electrons. The van der Waals surface area contributed by atoms with Crippen molar-refractivity contribution in [3.63, 3.8) is 0 Å². The molecule has 2 heterocycles. The van der Waals surface area contributed by atoms with E-state index in [1.165, 1.54) is 5.57 Å². The number of carbonyl (C=O) groups is 1. The zero-order valence-electron chi connectivity index (χ0n) is 16.0. The number of amides is 1. The first-order chi connectivity index (χ1) is 11.7. The Hall–Kier alpha value is -1.92. The molecule has 0 bridgehead atoms. The maximum atomic E-state index is 12.0. The SMILES string of the molecule is CC(c1nc(NC(=O)OC(C)(C)C)ccc1C1=CCOCC1)N(C)C. The van der Waals surface area contributed by atoms with Gasteiger partial charge in [0.25, 0.3) is 0 Å². The van der Waals surface area contributed by atoms with Gasteiger partial charge in [0.2, 0.25) is 0 Å². The molecule has 1 aliphatic heterocycles. The van der Waals surface area contributed by atoms with Crippen molar-refractivity contribution in [2.45, 2.75) is 45.8 Å². The van der Waals surface area contributed by atoms with Crippen LogP contribution in [0.1, 0.15) is 51.4 Å². The van der Waals surface area contributed by atoms with Gasteiger partial charge in [-0.2, -0.15) is 0 Å². The predicted molar refractivity (Wildman–Crippen MR) is 99.6 cm³/mol. The van der Waals surface area contributed by atoms with Crippen LogP contribution >= 0.6 is 0 Å². The maximum Gasteiger partial charge on any atom is 0.413 e. The van der Waals surface area contributed by atoms with E-state index in [0.29, 0.717) is 12.4 Å². The van der Waals surface area contributed by atoms with Crippen LogP contribution in [0.25, 0.3) is 5.57 Å². The molecule has 0 saturated heterocycles. The normalized spacial score (nSPS) is 16.4. The van der Waals surface area contributed by atoms with Gasteiger partial charge in [-0.25, -0.2) is 9.78 Å². The Morgan fingerprint density at radius 3 is 2.64 bits per heavy atom. The van der Waals surface area contributed by atoms with Crippen LogP contribution in [0.2, 0.25) is 0 Å². The molecule has 1 unspecified atom stereocenters. The highest BCUT2D eigenvalue weighted by Crippen LogP contribution is 2.30. The van der Waals surface area contributed by atoms with E-state index in [2.05, 4.69) is 23.2 Å². The summed E-state index contributed by atoms with van der Waals surface area (Å²) in [6.07, 6.45) is 2.47. The fourth-order valence-corrected chi connectivity index (χ4v) is 2.56. The van der Waals surface area contributed by atoms with Crippen LogP contribution in [-0.2, 0) is 9.47 Å². The van der Waals surface area contributed by atoms with E-state index >= 15 is 0 Å². The van der Waals surface area contributed by atoms with E-state index in [-0.39, 0.29) is 6.04 Å². The molecule has 0 aromatic carbocycles. The Morgan fingerprint density at radius 1 is 1.36 bits per heavy atom. The minimum Gasteiger partial charge on any atom is -0.444 e. The van der Waals surface area contributed by atoms with Crippen LogP contribution in [0, 0.1) is 0 Å². The minimum absolute atomic E-state index is 0.110. The lowest BCUT2D eigenvalue weighted by molar-refractivity contribution is 0.0635. The van der Waals surface area contributed by atoms with Gasteiger partial charge in [-0.15, -0.1) is 0 Å². The molecule has 2 rings (SSSR count). The number of rotatable bonds is 4. The third-order valence-electron chi connectivity index (χ3n) is 4.03. The standard InChI is InChI=1S/C19H29N3O3/c1-13(22(5)6)17-15(14-9-11-24-12-10-14)7-8-16(20-17)21-18(23)25-19(2,3)4/h7-9,13H,10-12H2,1-6H3,(H,20,21,23). The van der Waals surface area contributed by atoms with E-state index in [1.807, 2.05) is 47.0 Å². The van der Waals surface area contributed by atoms with Gasteiger partial charge in [0.1, 0.15) is 11.4 Å². The zero-order valence-corrected chi connectivity index (χ0v) is 16.0. The highest BCUT2D eigenvalue weighted by atomic mass is 16.6. The number of carbonyl (C=O) groups excluding carboxylic acids is 1. The van der Waals surface area contributed by atoms with Crippen LogP contribution in [0.5, 0.6) is 0 Å². The molecule has 1 atom stereocenters. The van der Waals surface area contributed by atoms with Gasteiger partial charge in [0.05, 0.1) is 18.9 Å². The highest BCUT2D eigenvalue weighted by molar-refractivity contribution is 5.84. The van der Waals surface area contributed by atoms with Crippen molar-refractivity contribution in [1.82, 2.24) is 9.88 Å². The van der Waals surface area contributed by atoms with Crippen LogP contribution in [-0.4, -0.2) is 48.9 Å². The number of ether oxygens (including phenoxy) is 2. The Kier molecular flexibility index (Phi) is 6.19. The molecule has 0 saturated carbocycles. The Bertz CT molecular complexity index is 648. The molecular weight excluding hydrogens is 318 g/mol. The van der Waals surface area contributed by atoms with Crippen molar-refractivity contribution in [2.24, 2.45) is 0 Å². The molecule has 0 spiro atoms. The molecule has 1 aromatic rings. The van der Waals surface area contributed by atoms with Crippen molar-refractivity contribution in [2.75, 3.05) is 32.6 Å². The lowest BCUT2D eigenvalue weighted by Crippen LogP contribution is -2.28. The van der Waals surface area contributed by atoms with Crippen LogP contribution in [0.4, 0.5) is 10.6 Å². The average Bonchev–Trinajstić information content (AvgIpc) is 2.53. The van der Waals surface area contributed by atoms with Crippen molar-refractivity contribution in [3.8, 4) is 0 Å². The van der Waals surface area contributed by atoms with Crippen molar-refractivity contribution in [1.29, 1.82) is 0 Å². The van der Waals surface area contributed by atoms with Gasteiger partial charge in [-0.1, -0.05) is 6.08 Å². The van der Waals surface area contributed by atoms with Crippen LogP contribution in [0.3, 0.4) is 0 Å². The van der Waals surface area contributed by atoms with Crippen LogP contribution in [0.15, 0.2) is 18.2 Å². The second kappa shape index (κ2) is 7.97. The fraction of sp³-hybridized carbons (Fsp3) is 0.579. The lowest BCUT2D eigenvalue weighted by Gasteiger charge is -2.25. The molecule has 1 N–H and O–H groups in total. The third kappa shape index (κ3) is 5.54. The number of aromatic nitrogens is 1. The summed E-state index contributed by atoms with van der Waals surface area (Å²) in [5, 5.41) is 2.73. The Morgan fingerprint density at radius 2 is 2.08 bits per heavy atom. The van der Waals surface area contributed by atoms with E-state index in [9.17, 15) is 4.79 Å². The first-order valence-electron chi connectivity index (χ1n) is 8.62. The number of nitrogens with one attached hydrogen (secondary N) is 1. The van der Waals surface area contributed by atoms with Crippen LogP contribution < -0.4 is 5.32 Å². The summed E-state index contributed by atoms with van der Waals surface area (Å²) in [6, 6.07) is 3.95. The predicted octanol–water partition coefficient (Wildman–Crippen LogP) is 3.85. The Balaban J connectivity index is 2.30. The molecule has 25 heavy (non-hydrogen) atoms. The number of anilines is 1. The van der Waals surface area contributed by atoms with Gasteiger partial charge in [-0.3, -0.25) is 5.32 Å². The summed E-state index contributed by atoms with van der Waals surface area (Å²) in [7, 11) is 4.03. The smallest absolute Gasteiger partial charge is 0.413 e. The monoisotopic (exact) mass is 347 g/mol. The van der Waals surface area contributed by atoms with Crippen molar-refractivity contribution >= 4 is 17.5 Å². The van der Waals surface area contributed by atoms with Gasteiger partial charge in [-0.05, 0) is 65.9 Å². The summed E-state index contributed by atoms with van der Waals surface area (Å²) < 4.78 is 10.7. The van der Waals surface area contributed by atoms with Crippen molar-refractivity contribution < 1.29 is 14.3 Å². The molecule has 6 nitrogen and oxygen atoms in total. The molecule has 1 aliphatic rings. The highest BCUT2D eigenvalue weighted by Gasteiger charge is 2.21. The number of pyridine rings is 1. The fourth-order valence-electron chi connectivity index (χ4n) is 2.56. The minimum atomic E-state index is -0.545. The Labute approximate surface area is 150 Å². The molecular formula is C19H29N3O3. The third-order valence-corrected chi connectivity index (χ3v) is 4.03. The number of hydrogen-bond acceptors (Lipinski definition) is 5. The number of hydrogen-bond donors (Lipinski definition) is 1. The topological polar surface area (TPSA) is 63.7 Å². The molecule has 0 aliphatic carbocycles. The largest absolute Gasteiger partial charge is 0.444 e. The van der Waals surface area contributed by atoms with Gasteiger partial charge < -0.3 is 14.4 Å². The first kappa shape index (κ1) is 19.4. The molecule has 1 aromatic heterocycles. The summed E-state index contributed by atoms with van der Waals surface area (Å²) in [6.45, 7) is 8.95. The molecule has 138 valence electrons. The zero-order chi connectivity index (χ0) is 18.6. The summed E-state index contributed by atoms with van der Waals surface area (Å²) in [5.74, 6) is 0.495. The lowest BCUT2D eigenvalue weighted by atomic mass is 9.96. The summed E-state index contributed by atoms with van der Waals surface area (Å²) in [5.41, 5.74) is 2.74. The second-order valence-corrected chi connectivity index (χ2v) is 7.45. The van der Waals surface area contributed by atoms with E-state index in [4.69, 9.17) is 14.5 Å². The molecule has 0 fully saturated rings. The quantitative estimate of drug-likeness (QED) is 0.896. The van der Waals surface area contributed by atoms with E-state index in [0.717, 1.165) is 24.3 Å². The molecule has 6 heteroatoms. The number of nitrogens with zero attached hydrogens (tertiary/aromatic N) is 2. The average molecular weight is 347 g/mol. The van der Waals surface area contributed by atoms with Crippen molar-refractivity contribution in [3.05, 3.63) is 29.5 Å². The first-order valence-corrected chi connectivity index (χ1v) is 8.62. The van der Waals surface area contributed by atoms with E-state index < -0.39 is 11.7 Å². The van der Waals surface area contributed by atoms with Gasteiger partial charge in [0, 0.05) is 11.6 Å². The van der Waals surface area contributed by atoms with Gasteiger partial charge >= 0.3 is 6.09 Å². The van der Waals surface area contributed by atoms with E-state index in [1.54, 1.807) is 0 Å².